The van der Waals surface area contributed by atoms with Gasteiger partial charge in [-0.1, -0.05) is 45.3 Å². The van der Waals surface area contributed by atoms with E-state index in [0.717, 1.165) is 5.56 Å². The van der Waals surface area contributed by atoms with Gasteiger partial charge in [-0.25, -0.2) is 8.78 Å². The molecule has 84 valence electrons. The first-order chi connectivity index (χ1) is 7.67. The highest BCUT2D eigenvalue weighted by atomic mass is 79.9. The van der Waals surface area contributed by atoms with Crippen molar-refractivity contribution < 1.29 is 8.78 Å². The molecular weight excluding hydrogens is 280 g/mol. The highest BCUT2D eigenvalue weighted by Crippen LogP contribution is 2.19. The number of benzene rings is 1. The fourth-order valence-electron chi connectivity index (χ4n) is 1.13. The maximum absolute atomic E-state index is 12.4. The summed E-state index contributed by atoms with van der Waals surface area (Å²) in [5.74, 6) is 0. The van der Waals surface area contributed by atoms with Crippen LogP contribution in [0.2, 0.25) is 0 Å². The lowest BCUT2D eigenvalue weighted by molar-refractivity contribution is 0.187. The molecule has 0 bridgehead atoms. The molecule has 0 radical (unpaired) electrons. The second kappa shape index (κ2) is 6.25. The van der Waals surface area contributed by atoms with Crippen LogP contribution in [-0.2, 0) is 6.42 Å². The van der Waals surface area contributed by atoms with E-state index in [1.807, 2.05) is 0 Å². The van der Waals surface area contributed by atoms with Crippen LogP contribution in [0, 0.1) is 0 Å². The minimum Gasteiger partial charge on any atom is -0.205 e. The van der Waals surface area contributed by atoms with Gasteiger partial charge in [-0.3, -0.25) is 0 Å². The van der Waals surface area contributed by atoms with E-state index in [1.165, 1.54) is 4.99 Å². The lowest BCUT2D eigenvalue weighted by Crippen LogP contribution is -1.99. The quantitative estimate of drug-likeness (QED) is 0.437. The van der Waals surface area contributed by atoms with Crippen molar-refractivity contribution in [1.82, 2.24) is 0 Å². The molecule has 0 aliphatic heterocycles. The summed E-state index contributed by atoms with van der Waals surface area (Å²) in [5, 5.41) is 3.39. The van der Waals surface area contributed by atoms with E-state index in [4.69, 9.17) is 5.53 Å². The van der Waals surface area contributed by atoms with Crippen molar-refractivity contribution >= 4 is 21.6 Å². The molecule has 0 aromatic heterocycles. The first-order valence-electron chi connectivity index (χ1n) is 4.38. The summed E-state index contributed by atoms with van der Waals surface area (Å²) in [5.41, 5.74) is 9.40. The summed E-state index contributed by atoms with van der Waals surface area (Å²) in [6, 6.07) is 6.49. The van der Waals surface area contributed by atoms with Crippen LogP contribution in [0.5, 0.6) is 0 Å². The van der Waals surface area contributed by atoms with Crippen LogP contribution in [-0.4, -0.2) is 6.43 Å². The first-order valence-corrected chi connectivity index (χ1v) is 5.30. The van der Waals surface area contributed by atoms with Crippen LogP contribution in [0.3, 0.4) is 0 Å². The van der Waals surface area contributed by atoms with E-state index >= 15 is 0 Å². The van der Waals surface area contributed by atoms with Crippen molar-refractivity contribution in [3.63, 3.8) is 0 Å². The van der Waals surface area contributed by atoms with Crippen LogP contribution >= 0.6 is 15.9 Å². The van der Waals surface area contributed by atoms with Gasteiger partial charge in [-0.2, -0.15) is 0 Å². The van der Waals surface area contributed by atoms with Crippen molar-refractivity contribution in [2.75, 3.05) is 0 Å². The molecule has 1 rings (SSSR count). The average Bonchev–Trinajstić information content (AvgIpc) is 2.28. The van der Waals surface area contributed by atoms with Gasteiger partial charge in [0.2, 0.25) is 0 Å². The molecule has 6 heteroatoms. The number of allylic oxidation sites excluding steroid dienone is 1. The Bertz CT molecular complexity index is 422. The molecule has 0 aliphatic rings. The molecule has 1 aromatic carbocycles. The Kier molecular flexibility index (Phi) is 4.95. The molecule has 0 N–H and O–H groups in total. The van der Waals surface area contributed by atoms with E-state index in [2.05, 4.69) is 26.0 Å². The van der Waals surface area contributed by atoms with Gasteiger partial charge in [-0.15, -0.1) is 0 Å². The molecule has 0 aliphatic carbocycles. The fourth-order valence-corrected chi connectivity index (χ4v) is 1.49. The number of rotatable bonds is 4. The topological polar surface area (TPSA) is 48.8 Å². The Labute approximate surface area is 99.5 Å². The van der Waals surface area contributed by atoms with E-state index in [9.17, 15) is 8.78 Å². The second-order valence-electron chi connectivity index (χ2n) is 3.02. The Balaban J connectivity index is 2.79. The predicted octanol–water partition coefficient (Wildman–Crippen LogP) is 4.71. The van der Waals surface area contributed by atoms with E-state index < -0.39 is 6.43 Å². The molecule has 16 heavy (non-hydrogen) atoms. The van der Waals surface area contributed by atoms with Crippen LogP contribution in [0.15, 0.2) is 39.9 Å². The van der Waals surface area contributed by atoms with Gasteiger partial charge in [0.15, 0.2) is 0 Å². The molecular formula is C10H8BrF2N3. The summed E-state index contributed by atoms with van der Waals surface area (Å²) < 4.78 is 24.8. The molecule has 0 spiro atoms. The maximum Gasteiger partial charge on any atom is 0.261 e. The summed E-state index contributed by atoms with van der Waals surface area (Å²) in [6.07, 6.45) is -2.31. The highest BCUT2D eigenvalue weighted by molar-refractivity contribution is 9.11. The van der Waals surface area contributed by atoms with Crippen molar-refractivity contribution in [3.05, 3.63) is 50.8 Å². The van der Waals surface area contributed by atoms with E-state index in [-0.39, 0.29) is 12.0 Å². The van der Waals surface area contributed by atoms with Crippen molar-refractivity contribution in [1.29, 1.82) is 0 Å². The molecule has 3 nitrogen and oxygen atoms in total. The lowest BCUT2D eigenvalue weighted by atomic mass is 10.1. The molecule has 0 saturated carbocycles. The average molecular weight is 288 g/mol. The van der Waals surface area contributed by atoms with Crippen molar-refractivity contribution in [3.8, 4) is 0 Å². The maximum atomic E-state index is 12.4. The zero-order chi connectivity index (χ0) is 12.0. The summed E-state index contributed by atoms with van der Waals surface area (Å²) >= 11 is 2.90. The summed E-state index contributed by atoms with van der Waals surface area (Å²) in [6.45, 7) is 0. The summed E-state index contributed by atoms with van der Waals surface area (Å²) in [7, 11) is 0. The zero-order valence-electron chi connectivity index (χ0n) is 8.15. The van der Waals surface area contributed by atoms with Gasteiger partial charge in [0.05, 0.1) is 0 Å². The van der Waals surface area contributed by atoms with Gasteiger partial charge in [-0.05, 0) is 22.5 Å². The third-order valence-electron chi connectivity index (χ3n) is 1.93. The Morgan fingerprint density at radius 3 is 2.50 bits per heavy atom. The van der Waals surface area contributed by atoms with Gasteiger partial charge >= 0.3 is 0 Å². The van der Waals surface area contributed by atoms with E-state index in [0.29, 0.717) is 5.69 Å². The normalized spacial score (nSPS) is 11.4. The molecule has 0 heterocycles. The SMILES string of the molecule is [N-]=[N+]=Nc1ccc(CC(=CBr)C(F)F)cc1. The van der Waals surface area contributed by atoms with Gasteiger partial charge < -0.3 is 0 Å². The Morgan fingerprint density at radius 2 is 2.06 bits per heavy atom. The van der Waals surface area contributed by atoms with Crippen LogP contribution in [0.25, 0.3) is 10.4 Å². The monoisotopic (exact) mass is 287 g/mol. The third kappa shape index (κ3) is 3.64. The Hall–Kier alpha value is -1.39. The molecule has 0 atom stereocenters. The van der Waals surface area contributed by atoms with Crippen molar-refractivity contribution in [2.45, 2.75) is 12.8 Å². The van der Waals surface area contributed by atoms with Crippen LogP contribution in [0.4, 0.5) is 14.5 Å². The zero-order valence-corrected chi connectivity index (χ0v) is 9.73. The number of azide groups is 1. The lowest BCUT2D eigenvalue weighted by Gasteiger charge is -2.05. The third-order valence-corrected chi connectivity index (χ3v) is 2.51. The van der Waals surface area contributed by atoms with Gasteiger partial charge in [0.25, 0.3) is 6.43 Å². The number of hydrogen-bond donors (Lipinski definition) is 0. The molecule has 0 saturated heterocycles. The smallest absolute Gasteiger partial charge is 0.205 e. The minimum absolute atomic E-state index is 0.0107. The van der Waals surface area contributed by atoms with Crippen LogP contribution < -0.4 is 0 Å². The number of halogens is 3. The molecule has 0 unspecified atom stereocenters. The van der Waals surface area contributed by atoms with Crippen LogP contribution in [0.1, 0.15) is 5.56 Å². The molecule has 0 amide bonds. The predicted molar refractivity (Wildman–Crippen MR) is 62.0 cm³/mol. The second-order valence-corrected chi connectivity index (χ2v) is 3.48. The Morgan fingerprint density at radius 1 is 1.44 bits per heavy atom. The first kappa shape index (κ1) is 12.7. The fraction of sp³-hybridized carbons (Fsp3) is 0.200. The summed E-state index contributed by atoms with van der Waals surface area (Å²) in [4.78, 5) is 3.86. The standard InChI is InChI=1S/C10H8BrF2N3/c11-6-8(10(12)13)5-7-1-3-9(4-2-7)15-16-14/h1-4,6,10H,5H2. The molecule has 0 fully saturated rings. The number of hydrogen-bond acceptors (Lipinski definition) is 1. The molecule has 1 aromatic rings. The highest BCUT2D eigenvalue weighted by Gasteiger charge is 2.10. The van der Waals surface area contributed by atoms with Gasteiger partial charge in [0.1, 0.15) is 0 Å². The number of nitrogens with zero attached hydrogens (tertiary/aromatic N) is 3. The van der Waals surface area contributed by atoms with Crippen molar-refractivity contribution in [2.24, 2.45) is 5.11 Å². The van der Waals surface area contributed by atoms with E-state index in [1.54, 1.807) is 24.3 Å². The van der Waals surface area contributed by atoms with Gasteiger partial charge in [0, 0.05) is 16.2 Å². The largest absolute Gasteiger partial charge is 0.261 e. The number of alkyl halides is 2. The minimum atomic E-state index is -2.48.